The first-order valence-electron chi connectivity index (χ1n) is 8.49. The maximum absolute atomic E-state index is 12.0. The molecule has 0 spiro atoms. The second-order valence-corrected chi connectivity index (χ2v) is 7.08. The van der Waals surface area contributed by atoms with Crippen LogP contribution in [0.2, 0.25) is 0 Å². The van der Waals surface area contributed by atoms with Crippen LogP contribution in [0.1, 0.15) is 47.5 Å². The number of carbonyl (C=O) groups is 1. The average Bonchev–Trinajstić information content (AvgIpc) is 2.47. The number of hydrogen-bond donors (Lipinski definition) is 3. The van der Waals surface area contributed by atoms with Crippen molar-refractivity contribution in [3.63, 3.8) is 0 Å². The van der Waals surface area contributed by atoms with Crippen molar-refractivity contribution in [2.75, 3.05) is 0 Å². The normalized spacial score (nSPS) is 23.4. The van der Waals surface area contributed by atoms with Gasteiger partial charge in [0.05, 0.1) is 17.2 Å². The summed E-state index contributed by atoms with van der Waals surface area (Å²) < 4.78 is 0. The third kappa shape index (κ3) is 4.51. The molecule has 0 saturated carbocycles. The molecule has 1 heterocycles. The minimum atomic E-state index is -0.437. The highest BCUT2D eigenvalue weighted by atomic mass is 16.1. The van der Waals surface area contributed by atoms with Crippen LogP contribution in [0.4, 0.5) is 0 Å². The number of nitrogens with two attached hydrogens (primary N) is 2. The lowest BCUT2D eigenvalue weighted by molar-refractivity contribution is -0.115. The number of allylic oxidation sites excluding steroid dienone is 4. The Kier molecular flexibility index (Phi) is 6.84. The molecule has 5 heteroatoms. The molecule has 1 atom stereocenters. The molecule has 0 unspecified atom stereocenters. The van der Waals surface area contributed by atoms with Gasteiger partial charge in [0, 0.05) is 0 Å². The Morgan fingerprint density at radius 3 is 2.54 bits per heavy atom. The van der Waals surface area contributed by atoms with E-state index in [1.54, 1.807) is 11.1 Å². The van der Waals surface area contributed by atoms with E-state index in [1.165, 1.54) is 5.57 Å². The van der Waals surface area contributed by atoms with Gasteiger partial charge in [-0.25, -0.2) is 5.84 Å². The van der Waals surface area contributed by atoms with E-state index >= 15 is 0 Å². The first kappa shape index (κ1) is 20.0. The fraction of sp³-hybridized carbons (Fsp3) is 0.526. The first-order chi connectivity index (χ1) is 11.2. The largest absolute Gasteiger partial charge is 0.366 e. The predicted molar refractivity (Wildman–Crippen MR) is 100 cm³/mol. The lowest BCUT2D eigenvalue weighted by atomic mass is 9.85. The van der Waals surface area contributed by atoms with E-state index < -0.39 is 5.91 Å². The minimum absolute atomic E-state index is 0.0136. The van der Waals surface area contributed by atoms with E-state index in [2.05, 4.69) is 38.7 Å². The van der Waals surface area contributed by atoms with E-state index in [4.69, 9.17) is 11.6 Å². The van der Waals surface area contributed by atoms with Gasteiger partial charge in [0.15, 0.2) is 0 Å². The number of hydrogen-bond acceptors (Lipinski definition) is 4. The van der Waals surface area contributed by atoms with Crippen LogP contribution >= 0.6 is 0 Å². The molecule has 24 heavy (non-hydrogen) atoms. The van der Waals surface area contributed by atoms with Crippen molar-refractivity contribution in [2.45, 2.75) is 59.0 Å². The molecule has 1 amide bonds. The Morgan fingerprint density at radius 1 is 1.46 bits per heavy atom. The zero-order chi connectivity index (χ0) is 18.5. The average molecular weight is 332 g/mol. The van der Waals surface area contributed by atoms with E-state index in [1.807, 2.05) is 26.0 Å². The zero-order valence-corrected chi connectivity index (χ0v) is 15.6. The first-order valence-corrected chi connectivity index (χ1v) is 8.49. The summed E-state index contributed by atoms with van der Waals surface area (Å²) in [6.45, 7) is 13.9. The van der Waals surface area contributed by atoms with Gasteiger partial charge in [-0.3, -0.25) is 9.80 Å². The van der Waals surface area contributed by atoms with E-state index in [9.17, 15) is 4.79 Å². The summed E-state index contributed by atoms with van der Waals surface area (Å²) in [4.78, 5) is 12.0. The molecule has 0 aromatic rings. The van der Waals surface area contributed by atoms with Crippen molar-refractivity contribution in [3.8, 4) is 0 Å². The number of nitrogens with one attached hydrogen (secondary N) is 1. The molecule has 1 fully saturated rings. The lowest BCUT2D eigenvalue weighted by Crippen LogP contribution is -2.61. The van der Waals surface area contributed by atoms with Crippen molar-refractivity contribution in [2.24, 2.45) is 17.5 Å². The number of hydrazine groups is 1. The van der Waals surface area contributed by atoms with Gasteiger partial charge >= 0.3 is 0 Å². The van der Waals surface area contributed by atoms with Crippen LogP contribution in [0, 0.1) is 5.92 Å². The van der Waals surface area contributed by atoms with Crippen molar-refractivity contribution in [1.82, 2.24) is 10.3 Å². The molecule has 1 aliphatic heterocycles. The molecule has 0 aromatic carbocycles. The topological polar surface area (TPSA) is 84.4 Å². The van der Waals surface area contributed by atoms with Crippen molar-refractivity contribution in [3.05, 3.63) is 47.9 Å². The highest BCUT2D eigenvalue weighted by Crippen LogP contribution is 2.32. The van der Waals surface area contributed by atoms with Gasteiger partial charge in [-0.2, -0.15) is 0 Å². The smallest absolute Gasteiger partial charge is 0.248 e. The van der Waals surface area contributed by atoms with Crippen LogP contribution in [0.15, 0.2) is 47.9 Å². The molecule has 0 bridgehead atoms. The molecular weight excluding hydrogens is 300 g/mol. The third-order valence-electron chi connectivity index (χ3n) is 4.42. The highest BCUT2D eigenvalue weighted by molar-refractivity contribution is 5.93. The highest BCUT2D eigenvalue weighted by Gasteiger charge is 2.38. The van der Waals surface area contributed by atoms with Gasteiger partial charge in [0.2, 0.25) is 5.91 Å². The molecule has 134 valence electrons. The maximum atomic E-state index is 12.0. The molecule has 0 aromatic heterocycles. The SMILES string of the molecule is C=C/C=C\C=C(/CC)[C@H]1CC(C)(C)N(N)/C(=C(/C(N)=O)C(C)C)N1. The van der Waals surface area contributed by atoms with Gasteiger partial charge in [0.1, 0.15) is 5.82 Å². The molecule has 5 nitrogen and oxygen atoms in total. The maximum Gasteiger partial charge on any atom is 0.248 e. The van der Waals surface area contributed by atoms with Gasteiger partial charge in [-0.05, 0) is 38.2 Å². The molecular formula is C19H32N4O. The van der Waals surface area contributed by atoms with Crippen molar-refractivity contribution < 1.29 is 4.79 Å². The lowest BCUT2D eigenvalue weighted by Gasteiger charge is -2.48. The number of primary amides is 1. The standard InChI is InChI=1S/C19H32N4O/c1-7-9-10-11-14(8-2)15-12-19(5,6)23(21)18(22-15)16(13(3)4)17(20)24/h7,9-11,13,15,22H,1,8,12,21H2,2-6H3,(H2,20,24)/b10-9-,14-11+,18-16+/t15-/m1/s1. The van der Waals surface area contributed by atoms with Gasteiger partial charge < -0.3 is 11.1 Å². The Labute approximate surface area is 146 Å². The number of rotatable bonds is 6. The summed E-state index contributed by atoms with van der Waals surface area (Å²) in [5, 5.41) is 5.10. The molecule has 0 radical (unpaired) electrons. The van der Waals surface area contributed by atoms with Crippen LogP contribution in [-0.2, 0) is 4.79 Å². The monoisotopic (exact) mass is 332 g/mol. The van der Waals surface area contributed by atoms with Crippen molar-refractivity contribution in [1.29, 1.82) is 0 Å². The number of amides is 1. The number of nitrogens with zero attached hydrogens (tertiary/aromatic N) is 1. The summed E-state index contributed by atoms with van der Waals surface area (Å²) >= 11 is 0. The van der Waals surface area contributed by atoms with E-state index in [0.29, 0.717) is 11.4 Å². The Morgan fingerprint density at radius 2 is 2.08 bits per heavy atom. The Balaban J connectivity index is 3.36. The summed E-state index contributed by atoms with van der Waals surface area (Å²) in [5.41, 5.74) is 7.11. The molecule has 1 aliphatic rings. The molecule has 1 rings (SSSR count). The summed E-state index contributed by atoms with van der Waals surface area (Å²) in [5.74, 6) is 6.50. The van der Waals surface area contributed by atoms with Crippen LogP contribution in [0.5, 0.6) is 0 Å². The second kappa shape index (κ2) is 8.20. The van der Waals surface area contributed by atoms with Crippen LogP contribution in [-0.4, -0.2) is 22.5 Å². The second-order valence-electron chi connectivity index (χ2n) is 7.08. The fourth-order valence-electron chi connectivity index (χ4n) is 3.03. The van der Waals surface area contributed by atoms with Gasteiger partial charge in [0.25, 0.3) is 0 Å². The van der Waals surface area contributed by atoms with E-state index in [0.717, 1.165) is 12.8 Å². The van der Waals surface area contributed by atoms with Crippen LogP contribution < -0.4 is 16.9 Å². The third-order valence-corrected chi connectivity index (χ3v) is 4.42. The Bertz CT molecular complexity index is 570. The summed E-state index contributed by atoms with van der Waals surface area (Å²) in [7, 11) is 0. The predicted octanol–water partition coefficient (Wildman–Crippen LogP) is 2.73. The Hall–Kier alpha value is -2.01. The zero-order valence-electron chi connectivity index (χ0n) is 15.6. The van der Waals surface area contributed by atoms with E-state index in [-0.39, 0.29) is 17.5 Å². The molecule has 1 saturated heterocycles. The molecule has 0 aliphatic carbocycles. The van der Waals surface area contributed by atoms with Crippen molar-refractivity contribution >= 4 is 5.91 Å². The fourth-order valence-corrected chi connectivity index (χ4v) is 3.03. The quantitative estimate of drug-likeness (QED) is 0.397. The summed E-state index contributed by atoms with van der Waals surface area (Å²) in [6, 6.07) is 0.0994. The minimum Gasteiger partial charge on any atom is -0.366 e. The van der Waals surface area contributed by atoms with Crippen LogP contribution in [0.3, 0.4) is 0 Å². The molecule has 5 N–H and O–H groups in total. The summed E-state index contributed by atoms with van der Waals surface area (Å²) in [6.07, 6.45) is 9.46. The van der Waals surface area contributed by atoms with Gasteiger partial charge in [-0.1, -0.05) is 51.7 Å². The van der Waals surface area contributed by atoms with Crippen LogP contribution in [0.25, 0.3) is 0 Å². The van der Waals surface area contributed by atoms with Gasteiger partial charge in [-0.15, -0.1) is 0 Å². The number of carbonyl (C=O) groups excluding carboxylic acids is 1.